The van der Waals surface area contributed by atoms with Crippen LogP contribution >= 0.6 is 7.82 Å². The lowest BCUT2D eigenvalue weighted by atomic mass is 10.3. The van der Waals surface area contributed by atoms with E-state index in [1.54, 1.807) is 0 Å². The van der Waals surface area contributed by atoms with Crippen LogP contribution in [-0.2, 0) is 13.9 Å². The molecule has 0 aromatic rings. The molecule has 0 saturated carbocycles. The molecule has 64 valence electrons. The quantitative estimate of drug-likeness (QED) is 0.478. The molecule has 0 aliphatic carbocycles. The Morgan fingerprint density at radius 3 is 2.45 bits per heavy atom. The van der Waals surface area contributed by atoms with Gasteiger partial charge in [0, 0.05) is 0 Å². The van der Waals surface area contributed by atoms with Crippen molar-refractivity contribution in [3.05, 3.63) is 12.7 Å². The second-order valence-corrected chi connectivity index (χ2v) is 3.04. The highest BCUT2D eigenvalue weighted by atomic mass is 31.2. The third-order valence-electron chi connectivity index (χ3n) is 0.897. The minimum atomic E-state index is -4.56. The van der Waals surface area contributed by atoms with E-state index in [0.29, 0.717) is 0 Å². The monoisotopic (exact) mass is 180 g/mol. The van der Waals surface area contributed by atoms with Crippen molar-refractivity contribution >= 4 is 13.6 Å². The Morgan fingerprint density at radius 2 is 2.18 bits per heavy atom. The Hall–Kier alpha value is -0.480. The van der Waals surface area contributed by atoms with Gasteiger partial charge in [0.1, 0.15) is 6.10 Å². The summed E-state index contributed by atoms with van der Waals surface area (Å²) in [4.78, 5) is 27.1. The minimum Gasteiger partial charge on any atom is -0.303 e. The van der Waals surface area contributed by atoms with Gasteiger partial charge in [-0.2, -0.15) is 0 Å². The molecule has 0 aliphatic rings. The summed E-state index contributed by atoms with van der Waals surface area (Å²) in [5.74, 6) is -0.562. The molecule has 5 nitrogen and oxygen atoms in total. The van der Waals surface area contributed by atoms with Crippen molar-refractivity contribution < 1.29 is 23.7 Å². The van der Waals surface area contributed by atoms with Gasteiger partial charge in [0.05, 0.1) is 0 Å². The minimum absolute atomic E-state index is 0.562. The first-order chi connectivity index (χ1) is 4.87. The second-order valence-electron chi connectivity index (χ2n) is 1.84. The molecule has 0 fully saturated rings. The zero-order valence-electron chi connectivity index (χ0n) is 5.93. The Bertz CT molecular complexity index is 205. The van der Waals surface area contributed by atoms with Crippen LogP contribution in [0, 0.1) is 0 Å². The molecule has 0 spiro atoms. The third kappa shape index (κ3) is 4.86. The van der Waals surface area contributed by atoms with Gasteiger partial charge in [-0.3, -0.25) is 9.32 Å². The highest BCUT2D eigenvalue weighted by molar-refractivity contribution is 7.46. The van der Waals surface area contributed by atoms with Crippen LogP contribution in [-0.4, -0.2) is 21.7 Å². The van der Waals surface area contributed by atoms with Gasteiger partial charge < -0.3 is 9.79 Å². The molecule has 0 radical (unpaired) electrons. The van der Waals surface area contributed by atoms with Gasteiger partial charge in [-0.05, 0) is 13.0 Å². The van der Waals surface area contributed by atoms with E-state index in [2.05, 4.69) is 11.1 Å². The lowest BCUT2D eigenvalue weighted by molar-refractivity contribution is -0.121. The third-order valence-corrected chi connectivity index (χ3v) is 1.49. The summed E-state index contributed by atoms with van der Waals surface area (Å²) in [6, 6.07) is 0. The van der Waals surface area contributed by atoms with E-state index in [1.165, 1.54) is 6.92 Å². The van der Waals surface area contributed by atoms with Gasteiger partial charge in [-0.25, -0.2) is 4.57 Å². The summed E-state index contributed by atoms with van der Waals surface area (Å²) >= 11 is 0. The molecule has 0 amide bonds. The Kier molecular flexibility index (Phi) is 3.62. The van der Waals surface area contributed by atoms with Crippen LogP contribution in [0.4, 0.5) is 0 Å². The lowest BCUT2D eigenvalue weighted by Crippen LogP contribution is -2.16. The Balaban J connectivity index is 4.08. The molecule has 0 aliphatic heterocycles. The van der Waals surface area contributed by atoms with E-state index in [1.807, 2.05) is 0 Å². The first-order valence-electron chi connectivity index (χ1n) is 2.77. The predicted molar refractivity (Wildman–Crippen MR) is 37.8 cm³/mol. The van der Waals surface area contributed by atoms with Crippen molar-refractivity contribution in [1.82, 2.24) is 0 Å². The zero-order chi connectivity index (χ0) is 9.07. The maximum Gasteiger partial charge on any atom is 0.470 e. The van der Waals surface area contributed by atoms with E-state index < -0.39 is 19.7 Å². The molecule has 0 aromatic carbocycles. The number of carbonyl (C=O) groups is 1. The van der Waals surface area contributed by atoms with Gasteiger partial charge in [0.25, 0.3) is 0 Å². The molecule has 0 heterocycles. The standard InChI is InChI=1S/C5H9O5P/c1-3-5(6)4(2)10-11(7,8)9/h3-4H,1H2,2H3,(H2,7,8,9). The number of rotatable bonds is 4. The van der Waals surface area contributed by atoms with E-state index in [4.69, 9.17) is 9.79 Å². The fourth-order valence-corrected chi connectivity index (χ4v) is 0.940. The molecule has 11 heavy (non-hydrogen) atoms. The van der Waals surface area contributed by atoms with Crippen LogP contribution in [0.3, 0.4) is 0 Å². The van der Waals surface area contributed by atoms with Crippen LogP contribution in [0.2, 0.25) is 0 Å². The van der Waals surface area contributed by atoms with Crippen molar-refractivity contribution in [3.8, 4) is 0 Å². The highest BCUT2D eigenvalue weighted by Gasteiger charge is 2.22. The fraction of sp³-hybridized carbons (Fsp3) is 0.400. The molecule has 2 N–H and O–H groups in total. The van der Waals surface area contributed by atoms with Crippen LogP contribution in [0.5, 0.6) is 0 Å². The van der Waals surface area contributed by atoms with Crippen LogP contribution < -0.4 is 0 Å². The second kappa shape index (κ2) is 3.78. The smallest absolute Gasteiger partial charge is 0.303 e. The van der Waals surface area contributed by atoms with Crippen molar-refractivity contribution in [3.63, 3.8) is 0 Å². The van der Waals surface area contributed by atoms with E-state index in [-0.39, 0.29) is 0 Å². The van der Waals surface area contributed by atoms with Gasteiger partial charge >= 0.3 is 7.82 Å². The number of phosphoric acid groups is 1. The summed E-state index contributed by atoms with van der Waals surface area (Å²) in [6.45, 7) is 4.37. The largest absolute Gasteiger partial charge is 0.470 e. The van der Waals surface area contributed by atoms with Gasteiger partial charge in [-0.1, -0.05) is 6.58 Å². The summed E-state index contributed by atoms with van der Waals surface area (Å²) in [7, 11) is -4.56. The van der Waals surface area contributed by atoms with Crippen LogP contribution in [0.1, 0.15) is 6.92 Å². The molecular formula is C5H9O5P. The molecule has 0 bridgehead atoms. The topological polar surface area (TPSA) is 83.8 Å². The molecular weight excluding hydrogens is 171 g/mol. The SMILES string of the molecule is C=CC(=O)C(C)OP(=O)(O)O. The maximum atomic E-state index is 10.6. The zero-order valence-corrected chi connectivity index (χ0v) is 6.82. The van der Waals surface area contributed by atoms with Crippen molar-refractivity contribution in [2.24, 2.45) is 0 Å². The average Bonchev–Trinajstić information content (AvgIpc) is 1.82. The van der Waals surface area contributed by atoms with Gasteiger partial charge in [0.15, 0.2) is 5.78 Å². The average molecular weight is 180 g/mol. The summed E-state index contributed by atoms with van der Waals surface area (Å²) in [6.07, 6.45) is -0.200. The number of carbonyl (C=O) groups excluding carboxylic acids is 1. The maximum absolute atomic E-state index is 10.6. The number of hydrogen-bond donors (Lipinski definition) is 2. The van der Waals surface area contributed by atoms with E-state index >= 15 is 0 Å². The fourth-order valence-electron chi connectivity index (χ4n) is 0.424. The first kappa shape index (κ1) is 10.5. The highest BCUT2D eigenvalue weighted by Crippen LogP contribution is 2.37. The Morgan fingerprint density at radius 1 is 1.73 bits per heavy atom. The molecule has 1 unspecified atom stereocenters. The molecule has 0 rings (SSSR count). The van der Waals surface area contributed by atoms with Crippen LogP contribution in [0.15, 0.2) is 12.7 Å². The van der Waals surface area contributed by atoms with E-state index in [0.717, 1.165) is 6.08 Å². The number of hydrogen-bond acceptors (Lipinski definition) is 3. The normalized spacial score (nSPS) is 14.1. The molecule has 6 heteroatoms. The summed E-state index contributed by atoms with van der Waals surface area (Å²) < 4.78 is 14.2. The van der Waals surface area contributed by atoms with E-state index in [9.17, 15) is 9.36 Å². The van der Waals surface area contributed by atoms with Crippen LogP contribution in [0.25, 0.3) is 0 Å². The number of phosphoric ester groups is 1. The summed E-state index contributed by atoms with van der Waals surface area (Å²) in [5.41, 5.74) is 0. The Labute approximate surface area is 63.9 Å². The molecule has 0 aromatic heterocycles. The van der Waals surface area contributed by atoms with Crippen molar-refractivity contribution in [2.75, 3.05) is 0 Å². The lowest BCUT2D eigenvalue weighted by Gasteiger charge is -2.09. The van der Waals surface area contributed by atoms with Gasteiger partial charge in [0.2, 0.25) is 0 Å². The van der Waals surface area contributed by atoms with Crippen molar-refractivity contribution in [2.45, 2.75) is 13.0 Å². The number of ketones is 1. The molecule has 1 atom stereocenters. The van der Waals surface area contributed by atoms with Crippen molar-refractivity contribution in [1.29, 1.82) is 0 Å². The summed E-state index contributed by atoms with van der Waals surface area (Å²) in [5, 5.41) is 0. The predicted octanol–water partition coefficient (Wildman–Crippen LogP) is 0.239. The first-order valence-corrected chi connectivity index (χ1v) is 4.30. The van der Waals surface area contributed by atoms with Gasteiger partial charge in [-0.15, -0.1) is 0 Å². The molecule has 0 saturated heterocycles.